The number of nitrogens with zero attached hydrogens (tertiary/aromatic N) is 3. The molecule has 1 amide bonds. The van der Waals surface area contributed by atoms with Gasteiger partial charge in [0.1, 0.15) is 5.82 Å². The standard InChI is InChI=1S/C12H18N4O2/c1-13-10-8-18-7-9(10)12(17)16-5-4-15-3-2-14-11(15)6-16/h2-3,9-10,13H,4-8H2,1H3. The Balaban J connectivity index is 1.71. The minimum atomic E-state index is -0.0588. The highest BCUT2D eigenvalue weighted by molar-refractivity contribution is 5.80. The van der Waals surface area contributed by atoms with Gasteiger partial charge >= 0.3 is 0 Å². The third-order valence-corrected chi connectivity index (χ3v) is 3.82. The zero-order chi connectivity index (χ0) is 12.5. The number of nitrogens with one attached hydrogen (secondary N) is 1. The molecule has 3 rings (SSSR count). The van der Waals surface area contributed by atoms with Crippen molar-refractivity contribution in [3.05, 3.63) is 18.2 Å². The Morgan fingerprint density at radius 1 is 1.50 bits per heavy atom. The minimum Gasteiger partial charge on any atom is -0.379 e. The van der Waals surface area contributed by atoms with Gasteiger partial charge in [0.15, 0.2) is 0 Å². The van der Waals surface area contributed by atoms with Crippen LogP contribution in [0.25, 0.3) is 0 Å². The lowest BCUT2D eigenvalue weighted by Crippen LogP contribution is -2.47. The summed E-state index contributed by atoms with van der Waals surface area (Å²) < 4.78 is 7.50. The summed E-state index contributed by atoms with van der Waals surface area (Å²) in [6.45, 7) is 3.34. The third kappa shape index (κ3) is 1.91. The quantitative estimate of drug-likeness (QED) is 0.766. The number of hydrogen-bond donors (Lipinski definition) is 1. The number of carbonyl (C=O) groups excluding carboxylic acids is 1. The van der Waals surface area contributed by atoms with Crippen molar-refractivity contribution in [3.8, 4) is 0 Å². The molecular weight excluding hydrogens is 232 g/mol. The van der Waals surface area contributed by atoms with Gasteiger partial charge < -0.3 is 19.5 Å². The van der Waals surface area contributed by atoms with Gasteiger partial charge in [-0.25, -0.2) is 4.98 Å². The Hall–Kier alpha value is -1.40. The second-order valence-corrected chi connectivity index (χ2v) is 4.84. The monoisotopic (exact) mass is 250 g/mol. The number of aromatic nitrogens is 2. The van der Waals surface area contributed by atoms with Crippen molar-refractivity contribution in [1.29, 1.82) is 0 Å². The van der Waals surface area contributed by atoms with E-state index in [-0.39, 0.29) is 17.9 Å². The first-order chi connectivity index (χ1) is 8.79. The maximum Gasteiger partial charge on any atom is 0.230 e. The highest BCUT2D eigenvalue weighted by atomic mass is 16.5. The number of amides is 1. The number of imidazole rings is 1. The molecule has 1 aromatic heterocycles. The maximum absolute atomic E-state index is 12.5. The Bertz CT molecular complexity index is 445. The van der Waals surface area contributed by atoms with E-state index >= 15 is 0 Å². The van der Waals surface area contributed by atoms with Crippen LogP contribution in [-0.2, 0) is 22.6 Å². The molecule has 0 aromatic carbocycles. The molecule has 3 heterocycles. The molecule has 1 N–H and O–H groups in total. The fourth-order valence-electron chi connectivity index (χ4n) is 2.68. The summed E-state index contributed by atoms with van der Waals surface area (Å²) >= 11 is 0. The number of ether oxygens (including phenoxy) is 1. The van der Waals surface area contributed by atoms with E-state index in [0.29, 0.717) is 19.8 Å². The molecule has 1 saturated heterocycles. The van der Waals surface area contributed by atoms with E-state index in [2.05, 4.69) is 14.9 Å². The van der Waals surface area contributed by atoms with Crippen LogP contribution in [0.1, 0.15) is 5.82 Å². The van der Waals surface area contributed by atoms with E-state index in [4.69, 9.17) is 4.74 Å². The molecule has 98 valence electrons. The van der Waals surface area contributed by atoms with Crippen molar-refractivity contribution in [1.82, 2.24) is 19.8 Å². The predicted molar refractivity (Wildman–Crippen MR) is 64.8 cm³/mol. The molecule has 2 atom stereocenters. The van der Waals surface area contributed by atoms with Crippen molar-refractivity contribution in [2.45, 2.75) is 19.1 Å². The summed E-state index contributed by atoms with van der Waals surface area (Å²) in [6, 6.07) is 0.138. The van der Waals surface area contributed by atoms with Crippen LogP contribution in [0.4, 0.5) is 0 Å². The van der Waals surface area contributed by atoms with E-state index in [1.165, 1.54) is 0 Å². The Morgan fingerprint density at radius 3 is 3.22 bits per heavy atom. The van der Waals surface area contributed by atoms with Crippen LogP contribution in [0.5, 0.6) is 0 Å². The second-order valence-electron chi connectivity index (χ2n) is 4.84. The highest BCUT2D eigenvalue weighted by Crippen LogP contribution is 2.19. The minimum absolute atomic E-state index is 0.0588. The lowest BCUT2D eigenvalue weighted by atomic mass is 10.0. The molecule has 1 aromatic rings. The summed E-state index contributed by atoms with van der Waals surface area (Å²) in [5.74, 6) is 1.09. The molecule has 6 nitrogen and oxygen atoms in total. The number of fused-ring (bicyclic) bond motifs is 1. The van der Waals surface area contributed by atoms with Gasteiger partial charge in [-0.15, -0.1) is 0 Å². The van der Waals surface area contributed by atoms with Crippen molar-refractivity contribution in [2.75, 3.05) is 26.8 Å². The molecule has 0 radical (unpaired) electrons. The Morgan fingerprint density at radius 2 is 2.39 bits per heavy atom. The van der Waals surface area contributed by atoms with Gasteiger partial charge in [0.2, 0.25) is 5.91 Å². The molecule has 2 aliphatic rings. The van der Waals surface area contributed by atoms with Gasteiger partial charge in [-0.05, 0) is 7.05 Å². The average molecular weight is 250 g/mol. The maximum atomic E-state index is 12.5. The summed E-state index contributed by atoms with van der Waals surface area (Å²) in [6.07, 6.45) is 3.75. The van der Waals surface area contributed by atoms with E-state index in [1.807, 2.05) is 18.1 Å². The van der Waals surface area contributed by atoms with Gasteiger partial charge in [0.05, 0.1) is 25.7 Å². The Labute approximate surface area is 106 Å². The zero-order valence-corrected chi connectivity index (χ0v) is 10.5. The molecule has 0 bridgehead atoms. The summed E-state index contributed by atoms with van der Waals surface area (Å²) in [7, 11) is 1.88. The third-order valence-electron chi connectivity index (χ3n) is 3.82. The normalized spacial score (nSPS) is 27.3. The van der Waals surface area contributed by atoms with Gasteiger partial charge in [-0.2, -0.15) is 0 Å². The fraction of sp³-hybridized carbons (Fsp3) is 0.667. The first kappa shape index (κ1) is 11.7. The summed E-state index contributed by atoms with van der Waals surface area (Å²) in [5, 5.41) is 3.15. The largest absolute Gasteiger partial charge is 0.379 e. The first-order valence-corrected chi connectivity index (χ1v) is 6.33. The van der Waals surface area contributed by atoms with E-state index < -0.39 is 0 Å². The zero-order valence-electron chi connectivity index (χ0n) is 10.5. The van der Waals surface area contributed by atoms with Crippen LogP contribution in [0.15, 0.2) is 12.4 Å². The van der Waals surface area contributed by atoms with Crippen molar-refractivity contribution in [2.24, 2.45) is 5.92 Å². The molecule has 6 heteroatoms. The molecule has 0 spiro atoms. The highest BCUT2D eigenvalue weighted by Gasteiger charge is 2.36. The Kier molecular flexibility index (Phi) is 3.05. The molecule has 0 saturated carbocycles. The first-order valence-electron chi connectivity index (χ1n) is 6.33. The van der Waals surface area contributed by atoms with E-state index in [0.717, 1.165) is 18.9 Å². The summed E-state index contributed by atoms with van der Waals surface area (Å²) in [4.78, 5) is 18.6. The van der Waals surface area contributed by atoms with Crippen molar-refractivity contribution >= 4 is 5.91 Å². The van der Waals surface area contributed by atoms with Gasteiger partial charge in [-0.1, -0.05) is 0 Å². The van der Waals surface area contributed by atoms with Gasteiger partial charge in [-0.3, -0.25) is 4.79 Å². The van der Waals surface area contributed by atoms with Crippen LogP contribution in [0, 0.1) is 5.92 Å². The molecular formula is C12H18N4O2. The van der Waals surface area contributed by atoms with E-state index in [1.54, 1.807) is 6.20 Å². The van der Waals surface area contributed by atoms with Gasteiger partial charge in [0.25, 0.3) is 0 Å². The van der Waals surface area contributed by atoms with E-state index in [9.17, 15) is 4.79 Å². The lowest BCUT2D eigenvalue weighted by Gasteiger charge is -2.30. The van der Waals surface area contributed by atoms with Crippen LogP contribution < -0.4 is 5.32 Å². The van der Waals surface area contributed by atoms with Crippen molar-refractivity contribution in [3.63, 3.8) is 0 Å². The SMILES string of the molecule is CNC1COCC1C(=O)N1CCn2ccnc2C1. The van der Waals surface area contributed by atoms with Crippen molar-refractivity contribution < 1.29 is 9.53 Å². The lowest BCUT2D eigenvalue weighted by molar-refractivity contribution is -0.137. The van der Waals surface area contributed by atoms with Gasteiger partial charge in [0, 0.05) is 31.5 Å². The number of likely N-dealkylation sites (N-methyl/N-ethyl adjacent to an activating group) is 1. The molecule has 2 unspecified atom stereocenters. The van der Waals surface area contributed by atoms with Crippen LogP contribution in [0.3, 0.4) is 0 Å². The topological polar surface area (TPSA) is 59.4 Å². The fourth-order valence-corrected chi connectivity index (χ4v) is 2.68. The number of rotatable bonds is 2. The van der Waals surface area contributed by atoms with Crippen LogP contribution in [-0.4, -0.2) is 53.2 Å². The molecule has 0 aliphatic carbocycles. The molecule has 1 fully saturated rings. The second kappa shape index (κ2) is 4.70. The summed E-state index contributed by atoms with van der Waals surface area (Å²) in [5.41, 5.74) is 0. The predicted octanol–water partition coefficient (Wildman–Crippen LogP) is -0.540. The smallest absolute Gasteiger partial charge is 0.230 e. The number of carbonyl (C=O) groups is 1. The number of hydrogen-bond acceptors (Lipinski definition) is 4. The molecule has 18 heavy (non-hydrogen) atoms. The van der Waals surface area contributed by atoms with Crippen LogP contribution >= 0.6 is 0 Å². The molecule has 2 aliphatic heterocycles. The van der Waals surface area contributed by atoms with Crippen LogP contribution in [0.2, 0.25) is 0 Å². The average Bonchev–Trinajstić information content (AvgIpc) is 3.05.